The van der Waals surface area contributed by atoms with Crippen LogP contribution in [0.1, 0.15) is 36.9 Å². The summed E-state index contributed by atoms with van der Waals surface area (Å²) in [4.78, 5) is 5.13. The van der Waals surface area contributed by atoms with E-state index in [1.54, 1.807) is 0 Å². The van der Waals surface area contributed by atoms with Crippen LogP contribution < -0.4 is 0 Å². The van der Waals surface area contributed by atoms with E-state index >= 15 is 0 Å². The molecule has 1 fully saturated rings. The molecule has 1 unspecified atom stereocenters. The summed E-state index contributed by atoms with van der Waals surface area (Å²) in [7, 11) is 0. The van der Waals surface area contributed by atoms with Gasteiger partial charge in [-0.1, -0.05) is 13.0 Å². The number of fused-ring (bicyclic) bond motifs is 1. The lowest BCUT2D eigenvalue weighted by molar-refractivity contribution is 0.0911. The largest absolute Gasteiger partial charge is 0.508 e. The monoisotopic (exact) mass is 260 g/mol. The lowest BCUT2D eigenvalue weighted by Gasteiger charge is -2.41. The molecular formula is C16H24N2O. The van der Waals surface area contributed by atoms with Gasteiger partial charge < -0.3 is 10.0 Å². The van der Waals surface area contributed by atoms with Crippen LogP contribution in [0.15, 0.2) is 18.2 Å². The molecule has 0 bridgehead atoms. The average molecular weight is 260 g/mol. The molecule has 0 spiro atoms. The molecule has 0 aromatic heterocycles. The van der Waals surface area contributed by atoms with Gasteiger partial charge in [-0.2, -0.15) is 0 Å². The van der Waals surface area contributed by atoms with Gasteiger partial charge in [0.15, 0.2) is 0 Å². The summed E-state index contributed by atoms with van der Waals surface area (Å²) in [5.74, 6) is 0.415. The second-order valence-corrected chi connectivity index (χ2v) is 5.76. The standard InChI is InChI=1S/C16H24N2O/c1-2-17-8-10-18(11-9-17)16-5-3-4-13-6-7-14(19)12-15(13)16/h6-7,12,16,19H,2-5,8-11H2,1H3. The molecule has 0 saturated carbocycles. The van der Waals surface area contributed by atoms with Crippen molar-refractivity contribution in [2.75, 3.05) is 32.7 Å². The first-order valence-corrected chi connectivity index (χ1v) is 7.56. The maximum absolute atomic E-state index is 9.76. The molecule has 3 nitrogen and oxygen atoms in total. The van der Waals surface area contributed by atoms with Gasteiger partial charge in [-0.3, -0.25) is 4.90 Å². The molecule has 1 N–H and O–H groups in total. The quantitative estimate of drug-likeness (QED) is 0.884. The number of aryl methyl sites for hydroxylation is 1. The first kappa shape index (κ1) is 12.9. The fraction of sp³-hybridized carbons (Fsp3) is 0.625. The van der Waals surface area contributed by atoms with E-state index in [4.69, 9.17) is 0 Å². The first-order chi connectivity index (χ1) is 9.28. The number of nitrogens with zero attached hydrogens (tertiary/aromatic N) is 2. The van der Waals surface area contributed by atoms with Crippen molar-refractivity contribution in [3.63, 3.8) is 0 Å². The third-order valence-electron chi connectivity index (χ3n) is 4.71. The van der Waals surface area contributed by atoms with Crippen molar-refractivity contribution < 1.29 is 5.11 Å². The van der Waals surface area contributed by atoms with Gasteiger partial charge in [-0.25, -0.2) is 0 Å². The Labute approximate surface area is 115 Å². The van der Waals surface area contributed by atoms with Crippen LogP contribution >= 0.6 is 0 Å². The summed E-state index contributed by atoms with van der Waals surface area (Å²) < 4.78 is 0. The van der Waals surface area contributed by atoms with E-state index in [1.165, 1.54) is 43.5 Å². The van der Waals surface area contributed by atoms with Crippen LogP contribution in [0.3, 0.4) is 0 Å². The Morgan fingerprint density at radius 1 is 1.21 bits per heavy atom. The summed E-state index contributed by atoms with van der Waals surface area (Å²) in [6.07, 6.45) is 3.68. The van der Waals surface area contributed by atoms with E-state index < -0.39 is 0 Å². The smallest absolute Gasteiger partial charge is 0.115 e. The number of hydrogen-bond donors (Lipinski definition) is 1. The molecule has 19 heavy (non-hydrogen) atoms. The number of phenolic OH excluding ortho intramolecular Hbond substituents is 1. The molecule has 1 aliphatic carbocycles. The molecule has 0 amide bonds. The van der Waals surface area contributed by atoms with Crippen LogP contribution in [-0.2, 0) is 6.42 Å². The Balaban J connectivity index is 1.78. The minimum absolute atomic E-state index is 0.415. The summed E-state index contributed by atoms with van der Waals surface area (Å²) in [5, 5.41) is 9.76. The SMILES string of the molecule is CCN1CCN(C2CCCc3ccc(O)cc32)CC1. The maximum Gasteiger partial charge on any atom is 0.115 e. The van der Waals surface area contributed by atoms with Gasteiger partial charge in [0.1, 0.15) is 5.75 Å². The first-order valence-electron chi connectivity index (χ1n) is 7.56. The molecule has 1 saturated heterocycles. The van der Waals surface area contributed by atoms with E-state index in [0.29, 0.717) is 11.8 Å². The average Bonchev–Trinajstić information content (AvgIpc) is 2.47. The molecular weight excluding hydrogens is 236 g/mol. The fourth-order valence-electron chi connectivity index (χ4n) is 3.53. The molecule has 3 rings (SSSR count). The Bertz CT molecular complexity index is 438. The van der Waals surface area contributed by atoms with Crippen LogP contribution in [0.2, 0.25) is 0 Å². The predicted octanol–water partition coefficient (Wildman–Crippen LogP) is 2.41. The summed E-state index contributed by atoms with van der Waals surface area (Å²) >= 11 is 0. The van der Waals surface area contributed by atoms with Crippen molar-refractivity contribution in [1.82, 2.24) is 9.80 Å². The number of piperazine rings is 1. The van der Waals surface area contributed by atoms with E-state index in [-0.39, 0.29) is 0 Å². The van der Waals surface area contributed by atoms with E-state index in [0.717, 1.165) is 19.6 Å². The Morgan fingerprint density at radius 3 is 2.74 bits per heavy atom. The molecule has 104 valence electrons. The van der Waals surface area contributed by atoms with Crippen molar-refractivity contribution in [2.24, 2.45) is 0 Å². The zero-order chi connectivity index (χ0) is 13.2. The van der Waals surface area contributed by atoms with Gasteiger partial charge in [0.2, 0.25) is 0 Å². The van der Waals surface area contributed by atoms with Gasteiger partial charge in [-0.15, -0.1) is 0 Å². The third-order valence-corrected chi connectivity index (χ3v) is 4.71. The molecule has 3 heteroatoms. The summed E-state index contributed by atoms with van der Waals surface area (Å²) in [6.45, 7) is 8.09. The summed E-state index contributed by atoms with van der Waals surface area (Å²) in [6, 6.07) is 6.45. The highest BCUT2D eigenvalue weighted by atomic mass is 16.3. The normalized spacial score (nSPS) is 25.2. The van der Waals surface area contributed by atoms with Crippen LogP contribution in [0.25, 0.3) is 0 Å². The second-order valence-electron chi connectivity index (χ2n) is 5.76. The zero-order valence-electron chi connectivity index (χ0n) is 11.8. The molecule has 1 aromatic carbocycles. The molecule has 1 aliphatic heterocycles. The number of aromatic hydroxyl groups is 1. The number of benzene rings is 1. The number of phenols is 1. The maximum atomic E-state index is 9.76. The van der Waals surface area contributed by atoms with Crippen LogP contribution in [0, 0.1) is 0 Å². The molecule has 2 aliphatic rings. The van der Waals surface area contributed by atoms with Gasteiger partial charge in [0, 0.05) is 32.2 Å². The lowest BCUT2D eigenvalue weighted by atomic mass is 9.86. The Kier molecular flexibility index (Phi) is 3.76. The Hall–Kier alpha value is -1.06. The van der Waals surface area contributed by atoms with Crippen molar-refractivity contribution in [3.05, 3.63) is 29.3 Å². The van der Waals surface area contributed by atoms with Crippen LogP contribution in [0.4, 0.5) is 0 Å². The van der Waals surface area contributed by atoms with Crippen molar-refractivity contribution in [2.45, 2.75) is 32.2 Å². The van der Waals surface area contributed by atoms with E-state index in [2.05, 4.69) is 22.8 Å². The third kappa shape index (κ3) is 2.63. The summed E-state index contributed by atoms with van der Waals surface area (Å²) in [5.41, 5.74) is 2.81. The van der Waals surface area contributed by atoms with Gasteiger partial charge in [-0.05, 0) is 49.1 Å². The van der Waals surface area contributed by atoms with Crippen molar-refractivity contribution >= 4 is 0 Å². The topological polar surface area (TPSA) is 26.7 Å². The molecule has 1 heterocycles. The van der Waals surface area contributed by atoms with Crippen LogP contribution in [0.5, 0.6) is 5.75 Å². The van der Waals surface area contributed by atoms with Gasteiger partial charge in [0.05, 0.1) is 0 Å². The Morgan fingerprint density at radius 2 is 2.00 bits per heavy atom. The zero-order valence-corrected chi connectivity index (χ0v) is 11.8. The minimum Gasteiger partial charge on any atom is -0.508 e. The van der Waals surface area contributed by atoms with E-state index in [9.17, 15) is 5.11 Å². The van der Waals surface area contributed by atoms with Gasteiger partial charge >= 0.3 is 0 Å². The van der Waals surface area contributed by atoms with Gasteiger partial charge in [0.25, 0.3) is 0 Å². The van der Waals surface area contributed by atoms with Crippen molar-refractivity contribution in [1.29, 1.82) is 0 Å². The lowest BCUT2D eigenvalue weighted by Crippen LogP contribution is -2.47. The highest BCUT2D eigenvalue weighted by Crippen LogP contribution is 2.36. The van der Waals surface area contributed by atoms with Crippen LogP contribution in [-0.4, -0.2) is 47.6 Å². The van der Waals surface area contributed by atoms with Crippen molar-refractivity contribution in [3.8, 4) is 5.75 Å². The molecule has 1 atom stereocenters. The highest BCUT2D eigenvalue weighted by Gasteiger charge is 2.28. The number of hydrogen-bond acceptors (Lipinski definition) is 3. The number of likely N-dealkylation sites (N-methyl/N-ethyl adjacent to an activating group) is 1. The predicted molar refractivity (Wildman–Crippen MR) is 77.5 cm³/mol. The van der Waals surface area contributed by atoms with E-state index in [1.807, 2.05) is 12.1 Å². The minimum atomic E-state index is 0.415. The molecule has 0 radical (unpaired) electrons. The number of rotatable bonds is 2. The highest BCUT2D eigenvalue weighted by molar-refractivity contribution is 5.38. The second kappa shape index (κ2) is 5.51. The molecule has 1 aromatic rings. The fourth-order valence-corrected chi connectivity index (χ4v) is 3.53.